The van der Waals surface area contributed by atoms with Crippen molar-refractivity contribution in [2.24, 2.45) is 17.8 Å². The van der Waals surface area contributed by atoms with Gasteiger partial charge in [-0.25, -0.2) is 0 Å². The van der Waals surface area contributed by atoms with Crippen molar-refractivity contribution >= 4 is 41.3 Å². The third kappa shape index (κ3) is 6.41. The van der Waals surface area contributed by atoms with Crippen molar-refractivity contribution in [1.82, 2.24) is 0 Å². The van der Waals surface area contributed by atoms with Crippen LogP contribution in [0.15, 0.2) is 60.7 Å². The molecule has 0 unspecified atom stereocenters. The van der Waals surface area contributed by atoms with Crippen LogP contribution in [0.3, 0.4) is 0 Å². The van der Waals surface area contributed by atoms with Gasteiger partial charge in [0, 0.05) is 11.0 Å². The van der Waals surface area contributed by atoms with Gasteiger partial charge >= 0.3 is 0 Å². The van der Waals surface area contributed by atoms with E-state index >= 15 is 0 Å². The van der Waals surface area contributed by atoms with Crippen LogP contribution in [-0.4, -0.2) is 19.4 Å². The molecule has 0 bridgehead atoms. The van der Waals surface area contributed by atoms with E-state index in [1.54, 1.807) is 0 Å². The van der Waals surface area contributed by atoms with Gasteiger partial charge in [0.05, 0.1) is 0 Å². The van der Waals surface area contributed by atoms with Crippen molar-refractivity contribution in [3.05, 3.63) is 60.7 Å². The Kier molecular flexibility index (Phi) is 9.42. The van der Waals surface area contributed by atoms with E-state index < -0.39 is 8.32 Å². The zero-order chi connectivity index (χ0) is 21.5. The Morgan fingerprint density at radius 1 is 0.759 bits per heavy atom. The van der Waals surface area contributed by atoms with Gasteiger partial charge in [-0.1, -0.05) is 125 Å². The first-order chi connectivity index (χ1) is 13.7. The molecule has 0 saturated heterocycles. The molecule has 0 fully saturated rings. The fourth-order valence-corrected chi connectivity index (χ4v) is 9.68. The first-order valence-corrected chi connectivity index (χ1v) is 14.4. The predicted octanol–water partition coefficient (Wildman–Crippen LogP) is 6.69. The maximum atomic E-state index is 7.10. The zero-order valence-corrected chi connectivity index (χ0v) is 22.3. The Morgan fingerprint density at radius 2 is 1.21 bits per heavy atom. The van der Waals surface area contributed by atoms with Gasteiger partial charge in [0.15, 0.2) is 0 Å². The Morgan fingerprint density at radius 3 is 1.62 bits per heavy atom. The van der Waals surface area contributed by atoms with Crippen molar-refractivity contribution in [2.75, 3.05) is 11.0 Å². The summed E-state index contributed by atoms with van der Waals surface area (Å²) in [6, 6.07) is 22.0. The largest absolute Gasteiger partial charge is 0.407 e. The van der Waals surface area contributed by atoms with Gasteiger partial charge in [-0.05, 0) is 46.0 Å². The number of benzene rings is 2. The van der Waals surface area contributed by atoms with Gasteiger partial charge in [0.1, 0.15) is 0 Å². The number of rotatable bonds is 10. The molecule has 29 heavy (non-hydrogen) atoms. The topological polar surface area (TPSA) is 9.23 Å². The second-order valence-electron chi connectivity index (χ2n) is 9.92. The highest BCUT2D eigenvalue weighted by Gasteiger charge is 2.50. The Balaban J connectivity index is 2.29. The molecule has 0 aliphatic carbocycles. The second-order valence-corrected chi connectivity index (χ2v) is 15.1. The molecule has 0 N–H and O–H groups in total. The van der Waals surface area contributed by atoms with Gasteiger partial charge in [-0.2, -0.15) is 0 Å². The van der Waals surface area contributed by atoms with E-state index in [1.165, 1.54) is 27.6 Å². The van der Waals surface area contributed by atoms with Crippen LogP contribution in [0.1, 0.15) is 54.4 Å². The van der Waals surface area contributed by atoms with Crippen molar-refractivity contribution in [2.45, 2.75) is 59.4 Å². The van der Waals surface area contributed by atoms with E-state index in [2.05, 4.69) is 125 Å². The third-order valence-electron chi connectivity index (χ3n) is 5.87. The highest BCUT2D eigenvalue weighted by atomic mass is 127. The van der Waals surface area contributed by atoms with Crippen molar-refractivity contribution in [3.8, 4) is 0 Å². The smallest absolute Gasteiger partial charge is 0.261 e. The van der Waals surface area contributed by atoms with E-state index in [0.29, 0.717) is 5.92 Å². The highest BCUT2D eigenvalue weighted by Crippen LogP contribution is 2.37. The van der Waals surface area contributed by atoms with Gasteiger partial charge < -0.3 is 4.43 Å². The molecular formula is C26H39IOSi. The number of hydrogen-bond acceptors (Lipinski definition) is 1. The maximum Gasteiger partial charge on any atom is 0.261 e. The van der Waals surface area contributed by atoms with Gasteiger partial charge in [0.25, 0.3) is 8.32 Å². The van der Waals surface area contributed by atoms with Crippen LogP contribution in [0.5, 0.6) is 0 Å². The fraction of sp³-hybridized carbons (Fsp3) is 0.538. The van der Waals surface area contributed by atoms with E-state index in [4.69, 9.17) is 4.43 Å². The average Bonchev–Trinajstić information content (AvgIpc) is 2.68. The molecule has 2 rings (SSSR count). The number of halogens is 1. The van der Waals surface area contributed by atoms with Crippen LogP contribution >= 0.6 is 22.6 Å². The van der Waals surface area contributed by atoms with Crippen molar-refractivity contribution in [3.63, 3.8) is 0 Å². The van der Waals surface area contributed by atoms with Gasteiger partial charge in [-0.3, -0.25) is 0 Å². The molecule has 0 aliphatic rings. The number of hydrogen-bond donors (Lipinski definition) is 0. The summed E-state index contributed by atoms with van der Waals surface area (Å²) in [5.41, 5.74) is 0. The molecule has 0 amide bonds. The van der Waals surface area contributed by atoms with Gasteiger partial charge in [0.2, 0.25) is 0 Å². The van der Waals surface area contributed by atoms with Crippen molar-refractivity contribution < 1.29 is 4.43 Å². The van der Waals surface area contributed by atoms with Crippen molar-refractivity contribution in [1.29, 1.82) is 0 Å². The summed E-state index contributed by atoms with van der Waals surface area (Å²) in [5, 5.41) is 2.80. The summed E-state index contributed by atoms with van der Waals surface area (Å²) in [6.07, 6.45) is 2.55. The highest BCUT2D eigenvalue weighted by molar-refractivity contribution is 14.1. The summed E-state index contributed by atoms with van der Waals surface area (Å²) in [5.74, 6) is 2.11. The first kappa shape index (κ1) is 24.6. The molecule has 0 heterocycles. The molecule has 0 aliphatic heterocycles. The van der Waals surface area contributed by atoms with Crippen LogP contribution in [0, 0.1) is 17.8 Å². The molecular weight excluding hydrogens is 483 g/mol. The van der Waals surface area contributed by atoms with Crippen LogP contribution in [0.2, 0.25) is 5.04 Å². The van der Waals surface area contributed by atoms with Crippen LogP contribution < -0.4 is 10.4 Å². The fourth-order valence-electron chi connectivity index (χ4n) is 4.63. The molecule has 3 atom stereocenters. The Hall–Kier alpha value is -0.653. The Bertz CT molecular complexity index is 671. The minimum atomic E-state index is -2.40. The van der Waals surface area contributed by atoms with E-state index in [-0.39, 0.29) is 5.04 Å². The monoisotopic (exact) mass is 522 g/mol. The minimum absolute atomic E-state index is 0.0523. The van der Waals surface area contributed by atoms with E-state index in [9.17, 15) is 0 Å². The molecule has 0 radical (unpaired) electrons. The standard InChI is InChI=1S/C26H39IOSi/c1-21(17-22(2)19-27)18-23(3)20-28-29(26(4,5)6,24-13-9-7-10-14-24)25-15-11-8-12-16-25/h7-16,21-23H,17-20H2,1-6H3/t21-,22+,23+/m0/s1. The summed E-state index contributed by atoms with van der Waals surface area (Å²) in [6.45, 7) is 15.0. The van der Waals surface area contributed by atoms with Crippen LogP contribution in [0.25, 0.3) is 0 Å². The Labute approximate surface area is 193 Å². The molecule has 2 aromatic rings. The lowest BCUT2D eigenvalue weighted by Crippen LogP contribution is -2.66. The van der Waals surface area contributed by atoms with Gasteiger partial charge in [-0.15, -0.1) is 0 Å². The van der Waals surface area contributed by atoms with E-state index in [1.807, 2.05) is 0 Å². The summed E-state index contributed by atoms with van der Waals surface area (Å²) < 4.78 is 8.34. The predicted molar refractivity (Wildman–Crippen MR) is 139 cm³/mol. The minimum Gasteiger partial charge on any atom is -0.407 e. The van der Waals surface area contributed by atoms with E-state index in [0.717, 1.165) is 18.4 Å². The lowest BCUT2D eigenvalue weighted by Gasteiger charge is -2.43. The molecule has 3 heteroatoms. The lowest BCUT2D eigenvalue weighted by atomic mass is 9.91. The quantitative estimate of drug-likeness (QED) is 0.192. The molecule has 0 saturated carbocycles. The summed E-state index contributed by atoms with van der Waals surface area (Å²) >= 11 is 2.51. The second kappa shape index (κ2) is 11.1. The normalized spacial score (nSPS) is 15.7. The summed E-state index contributed by atoms with van der Waals surface area (Å²) in [7, 11) is -2.40. The molecule has 160 valence electrons. The number of alkyl halides is 1. The van der Waals surface area contributed by atoms with Crippen LogP contribution in [-0.2, 0) is 4.43 Å². The van der Waals surface area contributed by atoms with Crippen LogP contribution in [0.4, 0.5) is 0 Å². The average molecular weight is 523 g/mol. The zero-order valence-electron chi connectivity index (χ0n) is 19.1. The first-order valence-electron chi connectivity index (χ1n) is 11.0. The third-order valence-corrected chi connectivity index (χ3v) is 12.4. The SMILES string of the molecule is C[C@@H](C[C@@H](C)CI)C[C@@H](C)CO[Si](c1ccccc1)(c1ccccc1)C(C)(C)C. The molecule has 0 aromatic heterocycles. The summed E-state index contributed by atoms with van der Waals surface area (Å²) in [4.78, 5) is 0. The molecule has 0 spiro atoms. The molecule has 2 aromatic carbocycles. The maximum absolute atomic E-state index is 7.10. The lowest BCUT2D eigenvalue weighted by molar-refractivity contribution is 0.217. The molecule has 1 nitrogen and oxygen atoms in total.